The molecular formula is C12H15N3O2. The average Bonchev–Trinajstić information content (AvgIpc) is 2.82. The fourth-order valence-electron chi connectivity index (χ4n) is 1.67. The number of phenolic OH excluding ortho intramolecular Hbond substituents is 1. The van der Waals surface area contributed by atoms with Gasteiger partial charge in [-0.05, 0) is 13.0 Å². The number of hydrogen-bond donors (Lipinski definition) is 2. The molecule has 0 aliphatic heterocycles. The van der Waals surface area contributed by atoms with E-state index in [9.17, 15) is 5.11 Å². The maximum absolute atomic E-state index is 9.68. The summed E-state index contributed by atoms with van der Waals surface area (Å²) in [7, 11) is 0. The van der Waals surface area contributed by atoms with Gasteiger partial charge >= 0.3 is 0 Å². The molecule has 1 unspecified atom stereocenters. The lowest BCUT2D eigenvalue weighted by molar-refractivity contribution is 0.408. The Balaban J connectivity index is 1.85. The number of para-hydroxylation sites is 1. The zero-order chi connectivity index (χ0) is 12.1. The minimum absolute atomic E-state index is 0.0862. The summed E-state index contributed by atoms with van der Waals surface area (Å²) in [6.45, 7) is 2.74. The van der Waals surface area contributed by atoms with Gasteiger partial charge in [0.15, 0.2) is 5.82 Å². The first-order chi connectivity index (χ1) is 8.27. The second kappa shape index (κ2) is 5.45. The predicted octanol–water partition coefficient (Wildman–Crippen LogP) is 1.67. The Morgan fingerprint density at radius 3 is 2.94 bits per heavy atom. The van der Waals surface area contributed by atoms with Gasteiger partial charge in [-0.2, -0.15) is 4.98 Å². The van der Waals surface area contributed by atoms with Crippen LogP contribution in [0.25, 0.3) is 0 Å². The molecule has 17 heavy (non-hydrogen) atoms. The van der Waals surface area contributed by atoms with Crippen LogP contribution >= 0.6 is 0 Å². The van der Waals surface area contributed by atoms with E-state index in [-0.39, 0.29) is 6.04 Å². The SMILES string of the molecule is CC(NCCc1ncon1)c1ccccc1O. The maximum atomic E-state index is 9.68. The predicted molar refractivity (Wildman–Crippen MR) is 62.5 cm³/mol. The van der Waals surface area contributed by atoms with Crippen LogP contribution in [0.5, 0.6) is 5.75 Å². The minimum Gasteiger partial charge on any atom is -0.508 e. The van der Waals surface area contributed by atoms with Crippen LogP contribution in [-0.2, 0) is 6.42 Å². The summed E-state index contributed by atoms with van der Waals surface area (Å²) in [6.07, 6.45) is 2.02. The third-order valence-electron chi connectivity index (χ3n) is 2.61. The number of hydrogen-bond acceptors (Lipinski definition) is 5. The average molecular weight is 233 g/mol. The van der Waals surface area contributed by atoms with Crippen LogP contribution in [0, 0.1) is 0 Å². The van der Waals surface area contributed by atoms with Crippen molar-refractivity contribution in [2.75, 3.05) is 6.54 Å². The number of rotatable bonds is 5. The number of phenols is 1. The van der Waals surface area contributed by atoms with Gasteiger partial charge in [0.1, 0.15) is 5.75 Å². The van der Waals surface area contributed by atoms with Crippen molar-refractivity contribution in [3.05, 3.63) is 42.0 Å². The highest BCUT2D eigenvalue weighted by Crippen LogP contribution is 2.22. The lowest BCUT2D eigenvalue weighted by atomic mass is 10.1. The van der Waals surface area contributed by atoms with Gasteiger partial charge in [-0.15, -0.1) is 0 Å². The molecular weight excluding hydrogens is 218 g/mol. The zero-order valence-corrected chi connectivity index (χ0v) is 9.63. The Morgan fingerprint density at radius 2 is 2.24 bits per heavy atom. The van der Waals surface area contributed by atoms with Gasteiger partial charge < -0.3 is 14.9 Å². The molecule has 0 saturated carbocycles. The van der Waals surface area contributed by atoms with Gasteiger partial charge in [-0.1, -0.05) is 23.4 Å². The van der Waals surface area contributed by atoms with Crippen molar-refractivity contribution in [2.24, 2.45) is 0 Å². The molecule has 90 valence electrons. The maximum Gasteiger partial charge on any atom is 0.213 e. The summed E-state index contributed by atoms with van der Waals surface area (Å²) in [5, 5.41) is 16.7. The van der Waals surface area contributed by atoms with E-state index in [4.69, 9.17) is 0 Å². The van der Waals surface area contributed by atoms with Gasteiger partial charge in [0.2, 0.25) is 6.39 Å². The number of benzene rings is 1. The van der Waals surface area contributed by atoms with Crippen LogP contribution in [0.1, 0.15) is 24.4 Å². The first kappa shape index (κ1) is 11.6. The quantitative estimate of drug-likeness (QED) is 0.822. The number of nitrogens with zero attached hydrogens (tertiary/aromatic N) is 2. The van der Waals surface area contributed by atoms with Gasteiger partial charge in [0, 0.05) is 24.6 Å². The highest BCUT2D eigenvalue weighted by Gasteiger charge is 2.09. The fraction of sp³-hybridized carbons (Fsp3) is 0.333. The number of aromatic nitrogens is 2. The summed E-state index contributed by atoms with van der Waals surface area (Å²) in [5.74, 6) is 0.994. The van der Waals surface area contributed by atoms with E-state index in [0.29, 0.717) is 18.0 Å². The van der Waals surface area contributed by atoms with E-state index < -0.39 is 0 Å². The zero-order valence-electron chi connectivity index (χ0n) is 9.63. The topological polar surface area (TPSA) is 71.2 Å². The molecule has 1 heterocycles. The fourth-order valence-corrected chi connectivity index (χ4v) is 1.67. The molecule has 1 aromatic carbocycles. The Hall–Kier alpha value is -1.88. The molecule has 0 radical (unpaired) electrons. The molecule has 5 nitrogen and oxygen atoms in total. The van der Waals surface area contributed by atoms with E-state index in [0.717, 1.165) is 12.1 Å². The Labute approximate surface area is 99.5 Å². The summed E-state index contributed by atoms with van der Waals surface area (Å²) in [5.41, 5.74) is 0.889. The normalized spacial score (nSPS) is 12.5. The highest BCUT2D eigenvalue weighted by molar-refractivity contribution is 5.34. The standard InChI is InChI=1S/C12H15N3O2/c1-9(10-4-2-3-5-11(10)16)13-7-6-12-14-8-17-15-12/h2-5,8-9,13,16H,6-7H2,1H3. The molecule has 2 N–H and O–H groups in total. The van der Waals surface area contributed by atoms with E-state index in [1.165, 1.54) is 6.39 Å². The summed E-state index contributed by atoms with van der Waals surface area (Å²) < 4.78 is 4.65. The van der Waals surface area contributed by atoms with Gasteiger partial charge in [-0.25, -0.2) is 0 Å². The van der Waals surface area contributed by atoms with Crippen molar-refractivity contribution in [3.8, 4) is 5.75 Å². The Morgan fingerprint density at radius 1 is 1.41 bits per heavy atom. The first-order valence-corrected chi connectivity index (χ1v) is 5.54. The number of aromatic hydroxyl groups is 1. The van der Waals surface area contributed by atoms with E-state index in [2.05, 4.69) is 20.0 Å². The molecule has 1 aromatic heterocycles. The molecule has 0 aliphatic rings. The molecule has 5 heteroatoms. The Bertz CT molecular complexity index is 457. The smallest absolute Gasteiger partial charge is 0.213 e. The van der Waals surface area contributed by atoms with E-state index >= 15 is 0 Å². The second-order valence-electron chi connectivity index (χ2n) is 3.83. The van der Waals surface area contributed by atoms with E-state index in [1.54, 1.807) is 6.07 Å². The van der Waals surface area contributed by atoms with Crippen LogP contribution in [0.2, 0.25) is 0 Å². The van der Waals surface area contributed by atoms with Crippen molar-refractivity contribution in [2.45, 2.75) is 19.4 Å². The minimum atomic E-state index is 0.0862. The highest BCUT2D eigenvalue weighted by atomic mass is 16.5. The molecule has 2 aromatic rings. The molecule has 0 bridgehead atoms. The third kappa shape index (κ3) is 3.04. The van der Waals surface area contributed by atoms with Crippen molar-refractivity contribution < 1.29 is 9.63 Å². The molecule has 0 spiro atoms. The van der Waals surface area contributed by atoms with Gasteiger partial charge in [0.25, 0.3) is 0 Å². The summed E-state index contributed by atoms with van der Waals surface area (Å²) >= 11 is 0. The van der Waals surface area contributed by atoms with Crippen molar-refractivity contribution in [1.29, 1.82) is 0 Å². The van der Waals surface area contributed by atoms with Crippen LogP contribution in [0.3, 0.4) is 0 Å². The first-order valence-electron chi connectivity index (χ1n) is 5.54. The van der Waals surface area contributed by atoms with Gasteiger partial charge in [0.05, 0.1) is 0 Å². The van der Waals surface area contributed by atoms with Crippen LogP contribution in [-0.4, -0.2) is 21.8 Å². The molecule has 2 rings (SSSR count). The largest absolute Gasteiger partial charge is 0.508 e. The van der Waals surface area contributed by atoms with Crippen LogP contribution in [0.4, 0.5) is 0 Å². The van der Waals surface area contributed by atoms with Crippen molar-refractivity contribution in [1.82, 2.24) is 15.5 Å². The van der Waals surface area contributed by atoms with E-state index in [1.807, 2.05) is 25.1 Å². The van der Waals surface area contributed by atoms with Crippen molar-refractivity contribution >= 4 is 0 Å². The number of nitrogens with one attached hydrogen (secondary N) is 1. The molecule has 0 saturated heterocycles. The molecule has 1 atom stereocenters. The summed E-state index contributed by atoms with van der Waals surface area (Å²) in [4.78, 5) is 3.94. The van der Waals surface area contributed by atoms with Crippen molar-refractivity contribution in [3.63, 3.8) is 0 Å². The monoisotopic (exact) mass is 233 g/mol. The molecule has 0 amide bonds. The van der Waals surface area contributed by atoms with Gasteiger partial charge in [-0.3, -0.25) is 0 Å². The second-order valence-corrected chi connectivity index (χ2v) is 3.83. The molecule has 0 fully saturated rings. The third-order valence-corrected chi connectivity index (χ3v) is 2.61. The Kier molecular flexibility index (Phi) is 3.72. The lowest BCUT2D eigenvalue weighted by Crippen LogP contribution is -2.21. The lowest BCUT2D eigenvalue weighted by Gasteiger charge is -2.14. The van der Waals surface area contributed by atoms with Crippen LogP contribution < -0.4 is 5.32 Å². The van der Waals surface area contributed by atoms with Crippen LogP contribution in [0.15, 0.2) is 35.2 Å². The molecule has 0 aliphatic carbocycles. The summed E-state index contributed by atoms with van der Waals surface area (Å²) in [6, 6.07) is 7.40.